The summed E-state index contributed by atoms with van der Waals surface area (Å²) in [7, 11) is 0. The molecule has 166 valence electrons. The maximum atomic E-state index is 12.2. The Balaban J connectivity index is 1.54. The largest absolute Gasteiger partial charge is 0.490 e. The highest BCUT2D eigenvalue weighted by Crippen LogP contribution is 2.36. The number of nitrogens with zero attached hydrogens (tertiary/aromatic N) is 1. The van der Waals surface area contributed by atoms with Gasteiger partial charge in [-0.05, 0) is 42.8 Å². The molecule has 0 atom stereocenters. The van der Waals surface area contributed by atoms with Crippen LogP contribution in [0.4, 0.5) is 0 Å². The number of hydrogen-bond acceptors (Lipinski definition) is 7. The third kappa shape index (κ3) is 5.83. The number of terminal acetylenes is 1. The number of nitrogens with one attached hydrogen (secondary N) is 2. The van der Waals surface area contributed by atoms with E-state index in [1.54, 1.807) is 30.3 Å². The molecule has 0 radical (unpaired) electrons. The average Bonchev–Trinajstić information content (AvgIpc) is 3.25. The Morgan fingerprint density at radius 3 is 2.84 bits per heavy atom. The number of ether oxygens (including phenoxy) is 4. The van der Waals surface area contributed by atoms with Gasteiger partial charge in [0.05, 0.1) is 24.4 Å². The van der Waals surface area contributed by atoms with Gasteiger partial charge in [0.25, 0.3) is 11.8 Å². The van der Waals surface area contributed by atoms with Gasteiger partial charge in [-0.15, -0.1) is 6.42 Å². The molecule has 2 N–H and O–H groups in total. The van der Waals surface area contributed by atoms with Crippen molar-refractivity contribution in [3.05, 3.63) is 46.5 Å². The van der Waals surface area contributed by atoms with E-state index in [9.17, 15) is 9.59 Å². The molecule has 1 heterocycles. The van der Waals surface area contributed by atoms with Crippen LogP contribution in [0.1, 0.15) is 22.8 Å². The van der Waals surface area contributed by atoms with Crippen LogP contribution in [0.3, 0.4) is 0 Å². The lowest BCUT2D eigenvalue weighted by Gasteiger charge is -2.12. The number of fused-ring (bicyclic) bond motifs is 1. The van der Waals surface area contributed by atoms with Gasteiger partial charge in [-0.3, -0.25) is 9.59 Å². The van der Waals surface area contributed by atoms with Crippen LogP contribution in [-0.2, 0) is 4.79 Å². The van der Waals surface area contributed by atoms with Gasteiger partial charge in [0.15, 0.2) is 23.0 Å². The monoisotopic (exact) mass is 457 g/mol. The second kappa shape index (κ2) is 10.9. The molecule has 0 unspecified atom stereocenters. The SMILES string of the molecule is C#CCOc1c(Cl)cc(/C=N\NC(=O)CNC(=O)c2ccc3c(c2)OCO3)cc1OCC. The standard InChI is InChI=1S/C22H20ClN3O6/c1-3-7-30-21-16(23)8-14(9-19(21)29-4-2)11-25-26-20(27)12-24-22(28)15-5-6-17-18(10-15)32-13-31-17/h1,5-6,8-11H,4,7,12-13H2,2H3,(H,24,28)(H,26,27)/b25-11-. The molecule has 1 aliphatic heterocycles. The normalized spacial score (nSPS) is 11.7. The number of rotatable bonds is 9. The Labute approximate surface area is 189 Å². The topological polar surface area (TPSA) is 107 Å². The molecule has 10 heteroatoms. The maximum absolute atomic E-state index is 12.2. The lowest BCUT2D eigenvalue weighted by molar-refractivity contribution is -0.120. The maximum Gasteiger partial charge on any atom is 0.259 e. The van der Waals surface area contributed by atoms with E-state index >= 15 is 0 Å². The number of carbonyl (C=O) groups is 2. The Morgan fingerprint density at radius 2 is 2.06 bits per heavy atom. The molecule has 0 spiro atoms. The Morgan fingerprint density at radius 1 is 1.25 bits per heavy atom. The molecule has 0 saturated carbocycles. The highest BCUT2D eigenvalue weighted by atomic mass is 35.5. The van der Waals surface area contributed by atoms with Crippen LogP contribution in [0, 0.1) is 12.3 Å². The molecular weight excluding hydrogens is 438 g/mol. The van der Waals surface area contributed by atoms with Crippen molar-refractivity contribution in [2.45, 2.75) is 6.92 Å². The summed E-state index contributed by atoms with van der Waals surface area (Å²) in [6.07, 6.45) is 6.60. The summed E-state index contributed by atoms with van der Waals surface area (Å²) in [5.41, 5.74) is 3.24. The molecule has 32 heavy (non-hydrogen) atoms. The molecular formula is C22H20ClN3O6. The van der Waals surface area contributed by atoms with E-state index in [0.29, 0.717) is 40.7 Å². The van der Waals surface area contributed by atoms with E-state index in [1.165, 1.54) is 6.21 Å². The van der Waals surface area contributed by atoms with Gasteiger partial charge in [-0.2, -0.15) is 5.10 Å². The fraction of sp³-hybridized carbons (Fsp3) is 0.227. The smallest absolute Gasteiger partial charge is 0.259 e. The third-order valence-electron chi connectivity index (χ3n) is 4.08. The first-order valence-electron chi connectivity index (χ1n) is 9.54. The Kier molecular flexibility index (Phi) is 7.78. The summed E-state index contributed by atoms with van der Waals surface area (Å²) in [6.45, 7) is 2.09. The van der Waals surface area contributed by atoms with Crippen molar-refractivity contribution in [2.24, 2.45) is 5.10 Å². The van der Waals surface area contributed by atoms with Gasteiger partial charge in [0, 0.05) is 5.56 Å². The molecule has 0 fully saturated rings. The summed E-state index contributed by atoms with van der Waals surface area (Å²) >= 11 is 6.24. The van der Waals surface area contributed by atoms with Crippen molar-refractivity contribution in [1.82, 2.24) is 10.7 Å². The summed E-state index contributed by atoms with van der Waals surface area (Å²) in [4.78, 5) is 24.2. The molecule has 0 aromatic heterocycles. The van der Waals surface area contributed by atoms with Gasteiger partial charge < -0.3 is 24.3 Å². The minimum Gasteiger partial charge on any atom is -0.490 e. The van der Waals surface area contributed by atoms with Crippen molar-refractivity contribution in [2.75, 3.05) is 26.6 Å². The van der Waals surface area contributed by atoms with Crippen LogP contribution in [0.2, 0.25) is 5.02 Å². The van der Waals surface area contributed by atoms with Crippen LogP contribution in [0.15, 0.2) is 35.4 Å². The first-order chi connectivity index (χ1) is 15.5. The van der Waals surface area contributed by atoms with Crippen molar-refractivity contribution in [3.8, 4) is 35.3 Å². The fourth-order valence-corrected chi connectivity index (χ4v) is 2.97. The molecule has 0 saturated heterocycles. The van der Waals surface area contributed by atoms with Gasteiger partial charge in [0.2, 0.25) is 6.79 Å². The lowest BCUT2D eigenvalue weighted by Crippen LogP contribution is -2.34. The van der Waals surface area contributed by atoms with Crippen LogP contribution in [0.5, 0.6) is 23.0 Å². The number of hydrogen-bond donors (Lipinski definition) is 2. The van der Waals surface area contributed by atoms with E-state index in [2.05, 4.69) is 21.8 Å². The molecule has 2 amide bonds. The fourth-order valence-electron chi connectivity index (χ4n) is 2.70. The van der Waals surface area contributed by atoms with E-state index in [-0.39, 0.29) is 25.0 Å². The zero-order chi connectivity index (χ0) is 22.9. The summed E-state index contributed by atoms with van der Waals surface area (Å²) in [6, 6.07) is 8.00. The second-order valence-corrected chi connectivity index (χ2v) is 6.71. The van der Waals surface area contributed by atoms with Crippen molar-refractivity contribution in [1.29, 1.82) is 0 Å². The second-order valence-electron chi connectivity index (χ2n) is 6.30. The van der Waals surface area contributed by atoms with E-state index in [1.807, 2.05) is 6.92 Å². The van der Waals surface area contributed by atoms with Gasteiger partial charge >= 0.3 is 0 Å². The quantitative estimate of drug-likeness (QED) is 0.340. The molecule has 0 aliphatic carbocycles. The van der Waals surface area contributed by atoms with E-state index < -0.39 is 11.8 Å². The average molecular weight is 458 g/mol. The minimum atomic E-state index is -0.513. The van der Waals surface area contributed by atoms with Gasteiger partial charge in [-0.25, -0.2) is 5.43 Å². The predicted octanol–water partition coefficient (Wildman–Crippen LogP) is 2.36. The zero-order valence-electron chi connectivity index (χ0n) is 17.1. The van der Waals surface area contributed by atoms with E-state index in [4.69, 9.17) is 37.0 Å². The first-order valence-corrected chi connectivity index (χ1v) is 9.92. The number of hydrazone groups is 1. The Bertz CT molecular complexity index is 1080. The minimum absolute atomic E-state index is 0.0429. The van der Waals surface area contributed by atoms with Crippen molar-refractivity contribution < 1.29 is 28.5 Å². The third-order valence-corrected chi connectivity index (χ3v) is 4.36. The van der Waals surface area contributed by atoms with Crippen LogP contribution in [0.25, 0.3) is 0 Å². The summed E-state index contributed by atoms with van der Waals surface area (Å²) < 4.78 is 21.4. The summed E-state index contributed by atoms with van der Waals surface area (Å²) in [5.74, 6) is 3.20. The molecule has 1 aliphatic rings. The highest BCUT2D eigenvalue weighted by Gasteiger charge is 2.16. The number of halogens is 1. The first kappa shape index (κ1) is 22.8. The number of amides is 2. The van der Waals surface area contributed by atoms with Gasteiger partial charge in [0.1, 0.15) is 6.61 Å². The molecule has 2 aromatic rings. The van der Waals surface area contributed by atoms with Crippen molar-refractivity contribution >= 4 is 29.6 Å². The molecule has 2 aromatic carbocycles. The molecule has 0 bridgehead atoms. The number of carbonyl (C=O) groups excluding carboxylic acids is 2. The highest BCUT2D eigenvalue weighted by molar-refractivity contribution is 6.32. The Hall–Kier alpha value is -3.90. The van der Waals surface area contributed by atoms with Crippen LogP contribution >= 0.6 is 11.6 Å². The predicted molar refractivity (Wildman–Crippen MR) is 118 cm³/mol. The van der Waals surface area contributed by atoms with Crippen LogP contribution < -0.4 is 29.7 Å². The molecule has 3 rings (SSSR count). The zero-order valence-corrected chi connectivity index (χ0v) is 17.9. The number of benzene rings is 2. The van der Waals surface area contributed by atoms with E-state index in [0.717, 1.165) is 0 Å². The lowest BCUT2D eigenvalue weighted by atomic mass is 10.2. The van der Waals surface area contributed by atoms with Crippen LogP contribution in [-0.4, -0.2) is 44.6 Å². The van der Waals surface area contributed by atoms with Gasteiger partial charge in [-0.1, -0.05) is 17.5 Å². The summed E-state index contributed by atoms with van der Waals surface area (Å²) in [5, 5.41) is 6.67. The molecule has 9 nitrogen and oxygen atoms in total. The van der Waals surface area contributed by atoms with Crippen molar-refractivity contribution in [3.63, 3.8) is 0 Å².